The zero-order valence-corrected chi connectivity index (χ0v) is 12.1. The van der Waals surface area contributed by atoms with Gasteiger partial charge in [-0.3, -0.25) is 0 Å². The number of ether oxygens (including phenoxy) is 1. The first kappa shape index (κ1) is 14.2. The van der Waals surface area contributed by atoms with E-state index in [9.17, 15) is 4.39 Å². The number of nitrogens with one attached hydrogen (secondary N) is 1. The lowest BCUT2D eigenvalue weighted by atomic mass is 10.2. The highest BCUT2D eigenvalue weighted by Crippen LogP contribution is 2.28. The fourth-order valence-electron chi connectivity index (χ4n) is 1.83. The number of benzene rings is 1. The molecule has 0 aliphatic heterocycles. The molecule has 0 saturated heterocycles. The van der Waals surface area contributed by atoms with Gasteiger partial charge in [-0.2, -0.15) is 4.98 Å². The lowest BCUT2D eigenvalue weighted by molar-refractivity contribution is 0.453. The smallest absolute Gasteiger partial charge is 0.227 e. The Kier molecular flexibility index (Phi) is 4.17. The Morgan fingerprint density at radius 2 is 2.00 bits per heavy atom. The molecule has 0 atom stereocenters. The van der Waals surface area contributed by atoms with Crippen LogP contribution in [0.2, 0.25) is 0 Å². The molecule has 0 radical (unpaired) electrons. The van der Waals surface area contributed by atoms with Crippen LogP contribution in [-0.2, 0) is 6.42 Å². The van der Waals surface area contributed by atoms with Crippen LogP contribution < -0.4 is 10.1 Å². The third-order valence-electron chi connectivity index (χ3n) is 3.04. The molecular formula is C15H18FN3O. The highest BCUT2D eigenvalue weighted by Gasteiger charge is 2.12. The first-order valence-corrected chi connectivity index (χ1v) is 6.54. The van der Waals surface area contributed by atoms with Crippen molar-refractivity contribution < 1.29 is 9.13 Å². The maximum atomic E-state index is 13.3. The molecule has 0 aliphatic carbocycles. The maximum Gasteiger partial charge on any atom is 0.227 e. The van der Waals surface area contributed by atoms with Crippen molar-refractivity contribution in [3.8, 4) is 11.6 Å². The minimum absolute atomic E-state index is 0.248. The number of hydrogen-bond acceptors (Lipinski definition) is 4. The largest absolute Gasteiger partial charge is 0.439 e. The van der Waals surface area contributed by atoms with E-state index >= 15 is 0 Å². The molecule has 0 bridgehead atoms. The topological polar surface area (TPSA) is 47.0 Å². The number of halogens is 1. The Morgan fingerprint density at radius 1 is 1.25 bits per heavy atom. The summed E-state index contributed by atoms with van der Waals surface area (Å²) in [6.07, 6.45) is 0.716. The van der Waals surface area contributed by atoms with Crippen LogP contribution in [0.4, 0.5) is 10.2 Å². The molecule has 1 N–H and O–H groups in total. The van der Waals surface area contributed by atoms with E-state index < -0.39 is 0 Å². The molecule has 1 aromatic heterocycles. The zero-order chi connectivity index (χ0) is 14.7. The number of aromatic nitrogens is 2. The van der Waals surface area contributed by atoms with Crippen molar-refractivity contribution in [1.82, 2.24) is 9.97 Å². The van der Waals surface area contributed by atoms with Gasteiger partial charge in [0.25, 0.3) is 0 Å². The van der Waals surface area contributed by atoms with E-state index in [2.05, 4.69) is 15.3 Å². The lowest BCUT2D eigenvalue weighted by Gasteiger charge is -2.12. The average molecular weight is 275 g/mol. The molecule has 5 heteroatoms. The SMILES string of the molecule is CCc1nc(NC)c(C)c(Oc2ccc(F)c(C)c2)n1. The molecule has 0 unspecified atom stereocenters. The van der Waals surface area contributed by atoms with Gasteiger partial charge in [-0.1, -0.05) is 6.92 Å². The number of hydrogen-bond donors (Lipinski definition) is 1. The highest BCUT2D eigenvalue weighted by atomic mass is 19.1. The molecule has 0 fully saturated rings. The molecule has 2 rings (SSSR count). The van der Waals surface area contributed by atoms with Crippen LogP contribution in [0.3, 0.4) is 0 Å². The van der Waals surface area contributed by atoms with Crippen molar-refractivity contribution in [2.45, 2.75) is 27.2 Å². The van der Waals surface area contributed by atoms with Gasteiger partial charge >= 0.3 is 0 Å². The van der Waals surface area contributed by atoms with Gasteiger partial charge in [-0.05, 0) is 37.6 Å². The van der Waals surface area contributed by atoms with E-state index in [4.69, 9.17) is 4.74 Å². The summed E-state index contributed by atoms with van der Waals surface area (Å²) >= 11 is 0. The molecular weight excluding hydrogens is 257 g/mol. The Balaban J connectivity index is 2.39. The first-order valence-electron chi connectivity index (χ1n) is 6.54. The molecule has 106 valence electrons. The van der Waals surface area contributed by atoms with E-state index in [-0.39, 0.29) is 5.82 Å². The van der Waals surface area contributed by atoms with Crippen LogP contribution in [0.15, 0.2) is 18.2 Å². The number of anilines is 1. The van der Waals surface area contributed by atoms with Crippen molar-refractivity contribution in [2.24, 2.45) is 0 Å². The van der Waals surface area contributed by atoms with Gasteiger partial charge in [-0.25, -0.2) is 9.37 Å². The molecule has 0 spiro atoms. The van der Waals surface area contributed by atoms with Gasteiger partial charge in [0, 0.05) is 13.5 Å². The standard InChI is InChI=1S/C15H18FN3O/c1-5-13-18-14(17-4)10(3)15(19-13)20-11-6-7-12(16)9(2)8-11/h6-8H,5H2,1-4H3,(H,17,18,19). The normalized spacial score (nSPS) is 10.4. The summed E-state index contributed by atoms with van der Waals surface area (Å²) in [6.45, 7) is 5.57. The molecule has 20 heavy (non-hydrogen) atoms. The summed E-state index contributed by atoms with van der Waals surface area (Å²) < 4.78 is 19.0. The van der Waals surface area contributed by atoms with Crippen molar-refractivity contribution in [3.05, 3.63) is 41.0 Å². The molecule has 0 amide bonds. The second kappa shape index (κ2) is 5.86. The number of rotatable bonds is 4. The van der Waals surface area contributed by atoms with E-state index in [1.165, 1.54) is 6.07 Å². The number of nitrogens with zero attached hydrogens (tertiary/aromatic N) is 2. The quantitative estimate of drug-likeness (QED) is 0.925. The fourth-order valence-corrected chi connectivity index (χ4v) is 1.83. The molecule has 1 heterocycles. The summed E-state index contributed by atoms with van der Waals surface area (Å²) in [5, 5.41) is 3.03. The molecule has 2 aromatic rings. The van der Waals surface area contributed by atoms with E-state index in [0.717, 1.165) is 11.4 Å². The van der Waals surface area contributed by atoms with E-state index in [1.807, 2.05) is 13.8 Å². The zero-order valence-electron chi connectivity index (χ0n) is 12.1. The van der Waals surface area contributed by atoms with Gasteiger partial charge in [0.05, 0.1) is 5.56 Å². The third-order valence-corrected chi connectivity index (χ3v) is 3.04. The van der Waals surface area contributed by atoms with Crippen LogP contribution in [0, 0.1) is 19.7 Å². The second-order valence-corrected chi connectivity index (χ2v) is 4.54. The molecule has 1 aromatic carbocycles. The average Bonchev–Trinajstić information content (AvgIpc) is 2.45. The Bertz CT molecular complexity index is 629. The third kappa shape index (κ3) is 2.87. The van der Waals surface area contributed by atoms with Gasteiger partial charge in [0.15, 0.2) is 0 Å². The van der Waals surface area contributed by atoms with Crippen LogP contribution in [0.25, 0.3) is 0 Å². The van der Waals surface area contributed by atoms with Crippen LogP contribution in [0.1, 0.15) is 23.9 Å². The Labute approximate surface area is 118 Å². The predicted octanol–water partition coefficient (Wildman–Crippen LogP) is 3.63. The van der Waals surface area contributed by atoms with Crippen LogP contribution >= 0.6 is 0 Å². The first-order chi connectivity index (χ1) is 9.55. The van der Waals surface area contributed by atoms with Gasteiger partial charge in [-0.15, -0.1) is 0 Å². The highest BCUT2D eigenvalue weighted by molar-refractivity contribution is 5.49. The monoisotopic (exact) mass is 275 g/mol. The van der Waals surface area contributed by atoms with Crippen LogP contribution in [-0.4, -0.2) is 17.0 Å². The maximum absolute atomic E-state index is 13.3. The van der Waals surface area contributed by atoms with Crippen LogP contribution in [0.5, 0.6) is 11.6 Å². The summed E-state index contributed by atoms with van der Waals surface area (Å²) in [6, 6.07) is 4.64. The van der Waals surface area contributed by atoms with Gasteiger partial charge in [0.1, 0.15) is 23.2 Å². The van der Waals surface area contributed by atoms with Crippen molar-refractivity contribution in [2.75, 3.05) is 12.4 Å². The lowest BCUT2D eigenvalue weighted by Crippen LogP contribution is -2.04. The van der Waals surface area contributed by atoms with Gasteiger partial charge in [0.2, 0.25) is 5.88 Å². The van der Waals surface area contributed by atoms with Crippen molar-refractivity contribution in [1.29, 1.82) is 0 Å². The van der Waals surface area contributed by atoms with Crippen molar-refractivity contribution >= 4 is 5.82 Å². The van der Waals surface area contributed by atoms with Gasteiger partial charge < -0.3 is 10.1 Å². The minimum Gasteiger partial charge on any atom is -0.439 e. The van der Waals surface area contributed by atoms with Crippen molar-refractivity contribution in [3.63, 3.8) is 0 Å². The molecule has 4 nitrogen and oxygen atoms in total. The van der Waals surface area contributed by atoms with E-state index in [0.29, 0.717) is 29.4 Å². The second-order valence-electron chi connectivity index (χ2n) is 4.54. The summed E-state index contributed by atoms with van der Waals surface area (Å²) in [5.74, 6) is 2.25. The summed E-state index contributed by atoms with van der Waals surface area (Å²) in [4.78, 5) is 8.76. The molecule has 0 saturated carbocycles. The molecule has 0 aliphatic rings. The van der Waals surface area contributed by atoms with E-state index in [1.54, 1.807) is 26.1 Å². The number of aryl methyl sites for hydroxylation is 2. The Hall–Kier alpha value is -2.17. The minimum atomic E-state index is -0.248. The fraction of sp³-hybridized carbons (Fsp3) is 0.333. The summed E-state index contributed by atoms with van der Waals surface area (Å²) in [7, 11) is 1.81. The Morgan fingerprint density at radius 3 is 2.60 bits per heavy atom. The summed E-state index contributed by atoms with van der Waals surface area (Å²) in [5.41, 5.74) is 1.37. The predicted molar refractivity (Wildman–Crippen MR) is 76.9 cm³/mol.